The molecule has 1 aliphatic heterocycles. The number of sulfonamides is 1. The largest absolute Gasteiger partial charge is 0.360 e. The Kier molecular flexibility index (Phi) is 9.86. The Morgan fingerprint density at radius 3 is 2.60 bits per heavy atom. The van der Waals surface area contributed by atoms with Gasteiger partial charge in [0.2, 0.25) is 15.9 Å². The number of anilines is 1. The lowest BCUT2D eigenvalue weighted by atomic mass is 9.93. The minimum Gasteiger partial charge on any atom is -0.360 e. The van der Waals surface area contributed by atoms with Gasteiger partial charge in [0.15, 0.2) is 5.82 Å². The summed E-state index contributed by atoms with van der Waals surface area (Å²) in [5, 5.41) is 22.9. The van der Waals surface area contributed by atoms with Crippen LogP contribution in [0.5, 0.6) is 0 Å². The van der Waals surface area contributed by atoms with E-state index in [9.17, 15) is 22.0 Å². The highest BCUT2D eigenvalue weighted by atomic mass is 35.5. The lowest BCUT2D eigenvalue weighted by Crippen LogP contribution is -2.46. The quantitative estimate of drug-likeness (QED) is 0.0849. The number of aromatic nitrogens is 5. The molecule has 0 spiro atoms. The van der Waals surface area contributed by atoms with Gasteiger partial charge in [-0.05, 0) is 67.5 Å². The van der Waals surface area contributed by atoms with Crippen molar-refractivity contribution in [2.24, 2.45) is 13.0 Å². The zero-order valence-corrected chi connectivity index (χ0v) is 32.8. The zero-order valence-electron chi connectivity index (χ0n) is 31.3. The smallest absolute Gasteiger partial charge is 0.293 e. The Balaban J connectivity index is 1.27. The Bertz CT molecular complexity index is 2680. The summed E-state index contributed by atoms with van der Waals surface area (Å²) in [7, 11) is -2.21. The molecule has 0 bridgehead atoms. The molecule has 13 nitrogen and oxygen atoms in total. The van der Waals surface area contributed by atoms with Crippen molar-refractivity contribution in [2.75, 3.05) is 30.7 Å². The molecule has 1 unspecified atom stereocenters. The molecule has 4 N–H and O–H groups in total. The number of hydrogen-bond donors (Lipinski definition) is 4. The van der Waals surface area contributed by atoms with Gasteiger partial charge in [-0.25, -0.2) is 22.2 Å². The predicted molar refractivity (Wildman–Crippen MR) is 207 cm³/mol. The van der Waals surface area contributed by atoms with Crippen molar-refractivity contribution in [3.8, 4) is 23.0 Å². The minimum atomic E-state index is -3.79. The van der Waals surface area contributed by atoms with Gasteiger partial charge in [-0.3, -0.25) is 18.9 Å². The van der Waals surface area contributed by atoms with Gasteiger partial charge < -0.3 is 20.8 Å². The highest BCUT2D eigenvalue weighted by Crippen LogP contribution is 2.67. The number of pyridine rings is 1. The molecule has 2 fully saturated rings. The molecule has 1 saturated heterocycles. The Hall–Kier alpha value is -5.35. The third kappa shape index (κ3) is 7.43. The van der Waals surface area contributed by atoms with E-state index in [0.29, 0.717) is 42.4 Å². The van der Waals surface area contributed by atoms with E-state index < -0.39 is 69.2 Å². The van der Waals surface area contributed by atoms with Crippen LogP contribution in [0.3, 0.4) is 0 Å². The van der Waals surface area contributed by atoms with Gasteiger partial charge in [0, 0.05) is 55.0 Å². The van der Waals surface area contributed by atoms with E-state index in [0.717, 1.165) is 29.3 Å². The molecule has 4 atom stereocenters. The molecule has 1 saturated carbocycles. The molecule has 2 aliphatic carbocycles. The van der Waals surface area contributed by atoms with Crippen LogP contribution in [-0.4, -0.2) is 76.6 Å². The van der Waals surface area contributed by atoms with Crippen LogP contribution in [0.1, 0.15) is 59.2 Å². The van der Waals surface area contributed by atoms with Crippen molar-refractivity contribution >= 4 is 50.5 Å². The van der Waals surface area contributed by atoms with Crippen LogP contribution in [-0.2, 0) is 45.5 Å². The standard InChI is InChI=1S/C39H36ClF4N9O4S/c1-38(19-46-10-11-57-38)9-8-23-4-5-24(25-6-7-28(40)33-35(25)52(2)50-37(33)51-58(3,55)56)34(47-23)29(14-20-12-21(41)15-22(42)13-20)48-31(54)18-53-36-32(30(17-45)49-53)26-16-27(26)39(36,43)44/h4-7,12-13,15,17,26-27,29,45-46H,10-11,14,16,18-19H2,1-3H3,(H,48,54)(H,50,51)/t26-,27+,29?,38+/m0/s1. The van der Waals surface area contributed by atoms with Crippen molar-refractivity contribution < 1.29 is 35.5 Å². The first-order valence-corrected chi connectivity index (χ1v) is 20.5. The summed E-state index contributed by atoms with van der Waals surface area (Å²) < 4.78 is 95.5. The number of rotatable bonds is 10. The van der Waals surface area contributed by atoms with Crippen LogP contribution in [0.25, 0.3) is 22.0 Å². The number of hydrogen-bond acceptors (Lipinski definition) is 9. The number of carbonyl (C=O) groups is 1. The van der Waals surface area contributed by atoms with Crippen LogP contribution in [0, 0.1) is 34.8 Å². The molecule has 302 valence electrons. The van der Waals surface area contributed by atoms with Crippen molar-refractivity contribution in [3.05, 3.63) is 93.0 Å². The summed E-state index contributed by atoms with van der Waals surface area (Å²) in [6.07, 6.45) is 1.90. The van der Waals surface area contributed by atoms with E-state index in [2.05, 4.69) is 37.4 Å². The summed E-state index contributed by atoms with van der Waals surface area (Å²) in [5.41, 5.74) is 0.804. The maximum atomic E-state index is 15.5. The fourth-order valence-electron chi connectivity index (χ4n) is 7.96. The van der Waals surface area contributed by atoms with E-state index in [1.54, 1.807) is 31.3 Å². The molecule has 3 aromatic heterocycles. The van der Waals surface area contributed by atoms with Crippen LogP contribution in [0.15, 0.2) is 42.5 Å². The SMILES string of the molecule is Cn1nc(NS(C)(=O)=O)c2c(Cl)ccc(-c3ccc(C#C[C@]4(C)CNCCO4)nc3C(Cc3cc(F)cc(F)c3)NC(=O)Cn3nc(C=N)c4c3C(F)(F)[C@@H]3C[C@H]43)c21. The molecule has 8 rings (SSSR count). The van der Waals surface area contributed by atoms with Gasteiger partial charge in [-0.15, -0.1) is 0 Å². The van der Waals surface area contributed by atoms with Crippen molar-refractivity contribution in [2.45, 2.75) is 49.8 Å². The maximum Gasteiger partial charge on any atom is 0.293 e. The summed E-state index contributed by atoms with van der Waals surface area (Å²) >= 11 is 6.64. The zero-order chi connectivity index (χ0) is 41.3. The molecule has 19 heteroatoms. The third-order valence-electron chi connectivity index (χ3n) is 10.5. The average Bonchev–Trinajstić information content (AvgIpc) is 3.70. The van der Waals surface area contributed by atoms with Crippen LogP contribution >= 0.6 is 11.6 Å². The molecule has 58 heavy (non-hydrogen) atoms. The van der Waals surface area contributed by atoms with Crippen LogP contribution in [0.2, 0.25) is 5.02 Å². The number of aryl methyl sites for hydroxylation is 1. The van der Waals surface area contributed by atoms with Crippen molar-refractivity contribution in [1.82, 2.24) is 35.2 Å². The summed E-state index contributed by atoms with van der Waals surface area (Å²) in [5.74, 6) is -1.00. The first-order valence-electron chi connectivity index (χ1n) is 18.2. The number of ether oxygens (including phenoxy) is 1. The second-order valence-corrected chi connectivity index (χ2v) is 17.1. The first-order chi connectivity index (χ1) is 27.4. The van der Waals surface area contributed by atoms with Gasteiger partial charge in [0.1, 0.15) is 40.9 Å². The minimum absolute atomic E-state index is 0.0382. The Labute approximate surface area is 335 Å². The van der Waals surface area contributed by atoms with Gasteiger partial charge in [0.25, 0.3) is 5.92 Å². The van der Waals surface area contributed by atoms with E-state index in [-0.39, 0.29) is 57.3 Å². The second kappa shape index (κ2) is 14.5. The first kappa shape index (κ1) is 39.5. The number of fused-ring (bicyclic) bond motifs is 4. The third-order valence-corrected chi connectivity index (χ3v) is 11.3. The molecular formula is C39H36ClF4N9O4S. The average molecular weight is 838 g/mol. The number of amides is 1. The number of morpholine rings is 1. The molecule has 1 amide bonds. The van der Waals surface area contributed by atoms with E-state index in [1.165, 1.54) is 4.68 Å². The number of carbonyl (C=O) groups excluding carboxylic acids is 1. The highest BCUT2D eigenvalue weighted by molar-refractivity contribution is 7.92. The highest BCUT2D eigenvalue weighted by Gasteiger charge is 2.66. The molecule has 3 aliphatic rings. The predicted octanol–water partition coefficient (Wildman–Crippen LogP) is 5.17. The number of benzene rings is 2. The van der Waals surface area contributed by atoms with Crippen molar-refractivity contribution in [3.63, 3.8) is 0 Å². The number of alkyl halides is 2. The molecule has 4 heterocycles. The molecule has 5 aromatic rings. The summed E-state index contributed by atoms with van der Waals surface area (Å²) in [4.78, 5) is 19.0. The Morgan fingerprint density at radius 2 is 1.91 bits per heavy atom. The van der Waals surface area contributed by atoms with Gasteiger partial charge >= 0.3 is 0 Å². The monoisotopic (exact) mass is 837 g/mol. The van der Waals surface area contributed by atoms with Crippen molar-refractivity contribution in [1.29, 1.82) is 5.41 Å². The normalized spacial score (nSPS) is 21.1. The molecule has 0 radical (unpaired) electrons. The lowest BCUT2D eigenvalue weighted by molar-refractivity contribution is -0.122. The lowest BCUT2D eigenvalue weighted by Gasteiger charge is -2.29. The fraction of sp³-hybridized carbons (Fsp3) is 0.359. The summed E-state index contributed by atoms with van der Waals surface area (Å²) in [6.45, 7) is 2.69. The van der Waals surface area contributed by atoms with Crippen LogP contribution in [0.4, 0.5) is 23.4 Å². The number of nitrogens with one attached hydrogen (secondary N) is 4. The molecular weight excluding hydrogens is 802 g/mol. The van der Waals surface area contributed by atoms with E-state index >= 15 is 8.78 Å². The van der Waals surface area contributed by atoms with Gasteiger partial charge in [-0.1, -0.05) is 23.6 Å². The van der Waals surface area contributed by atoms with Crippen LogP contribution < -0.4 is 15.4 Å². The number of nitrogens with zero attached hydrogens (tertiary/aromatic N) is 5. The fourth-order valence-corrected chi connectivity index (χ4v) is 8.70. The van der Waals surface area contributed by atoms with Gasteiger partial charge in [-0.2, -0.15) is 19.0 Å². The van der Waals surface area contributed by atoms with Gasteiger partial charge in [0.05, 0.1) is 40.5 Å². The topological polar surface area (TPSA) is 169 Å². The van der Waals surface area contributed by atoms with E-state index in [4.69, 9.17) is 26.7 Å². The second-order valence-electron chi connectivity index (χ2n) is 14.9. The number of halogens is 5. The van der Waals surface area contributed by atoms with E-state index in [1.807, 2.05) is 6.92 Å². The summed E-state index contributed by atoms with van der Waals surface area (Å²) in [6, 6.07) is 8.26. The maximum absolute atomic E-state index is 15.5. The molecule has 2 aromatic carbocycles. The Morgan fingerprint density at radius 1 is 1.17 bits per heavy atom.